The van der Waals surface area contributed by atoms with E-state index in [9.17, 15) is 31.2 Å². The van der Waals surface area contributed by atoms with Gasteiger partial charge in [0.15, 0.2) is 5.82 Å². The Morgan fingerprint density at radius 2 is 1.93 bits per heavy atom. The number of anilines is 4. The smallest absolute Gasteiger partial charge is 0.471 e. The van der Waals surface area contributed by atoms with Crippen LogP contribution in [0.5, 0.6) is 5.75 Å². The van der Waals surface area contributed by atoms with Crippen LogP contribution in [0, 0.1) is 0 Å². The molecule has 0 aliphatic carbocycles. The van der Waals surface area contributed by atoms with Gasteiger partial charge in [0.1, 0.15) is 21.7 Å². The summed E-state index contributed by atoms with van der Waals surface area (Å²) in [6.07, 6.45) is -3.24. The molecular formula is C27H29ClF3N7O5S. The first kappa shape index (κ1) is 32.8. The third kappa shape index (κ3) is 7.31. The number of fused-ring (bicyclic) bond motifs is 1. The molecule has 0 saturated carbocycles. The summed E-state index contributed by atoms with van der Waals surface area (Å²) in [7, 11) is 0.535. The van der Waals surface area contributed by atoms with Crippen molar-refractivity contribution in [1.29, 1.82) is 0 Å². The molecule has 1 aliphatic heterocycles. The van der Waals surface area contributed by atoms with Gasteiger partial charge in [0.2, 0.25) is 21.9 Å². The minimum Gasteiger partial charge on any atom is -0.496 e. The van der Waals surface area contributed by atoms with Crippen molar-refractivity contribution >= 4 is 56.6 Å². The van der Waals surface area contributed by atoms with Gasteiger partial charge in [-0.05, 0) is 43.0 Å². The highest BCUT2D eigenvalue weighted by Gasteiger charge is 2.41. The minimum absolute atomic E-state index is 0.0368. The van der Waals surface area contributed by atoms with Crippen LogP contribution in [-0.2, 0) is 32.5 Å². The van der Waals surface area contributed by atoms with Crippen molar-refractivity contribution in [1.82, 2.24) is 19.6 Å². The number of carbonyl (C=O) groups is 2. The lowest BCUT2D eigenvalue weighted by atomic mass is 9.99. The van der Waals surface area contributed by atoms with Crippen molar-refractivity contribution < 1.29 is 35.9 Å². The number of rotatable bonds is 10. The molecule has 44 heavy (non-hydrogen) atoms. The molecule has 4 rings (SSSR count). The summed E-state index contributed by atoms with van der Waals surface area (Å²) >= 11 is 6.30. The van der Waals surface area contributed by atoms with Crippen LogP contribution in [0.15, 0.2) is 47.5 Å². The second-order valence-electron chi connectivity index (χ2n) is 9.81. The van der Waals surface area contributed by atoms with Gasteiger partial charge >= 0.3 is 12.1 Å². The number of hydrogen-bond donors (Lipinski definition) is 4. The second-order valence-corrected chi connectivity index (χ2v) is 12.3. The van der Waals surface area contributed by atoms with E-state index >= 15 is 0 Å². The van der Waals surface area contributed by atoms with Crippen LogP contribution in [0.4, 0.5) is 36.3 Å². The highest BCUT2D eigenvalue weighted by Crippen LogP contribution is 2.35. The Bertz CT molecular complexity index is 1670. The zero-order valence-electron chi connectivity index (χ0n) is 23.8. The third-order valence-corrected chi connectivity index (χ3v) is 8.84. The van der Waals surface area contributed by atoms with E-state index in [1.165, 1.54) is 33.5 Å². The molecule has 1 aliphatic rings. The molecule has 236 valence electrons. The van der Waals surface area contributed by atoms with Crippen LogP contribution in [0.2, 0.25) is 5.02 Å². The lowest BCUT2D eigenvalue weighted by Crippen LogP contribution is -2.48. The van der Waals surface area contributed by atoms with Gasteiger partial charge in [-0.15, -0.1) is 0 Å². The first-order valence-electron chi connectivity index (χ1n) is 13.1. The Hall–Kier alpha value is -4.15. The highest BCUT2D eigenvalue weighted by atomic mass is 35.5. The van der Waals surface area contributed by atoms with E-state index in [2.05, 4.69) is 25.9 Å². The molecule has 17 heteroatoms. The first-order valence-corrected chi connectivity index (χ1v) is 15.0. The van der Waals surface area contributed by atoms with Crippen LogP contribution in [-0.4, -0.2) is 74.5 Å². The summed E-state index contributed by atoms with van der Waals surface area (Å²) in [4.78, 5) is 32.5. The molecular weight excluding hydrogens is 627 g/mol. The van der Waals surface area contributed by atoms with Gasteiger partial charge in [-0.1, -0.05) is 29.8 Å². The molecule has 0 bridgehead atoms. The van der Waals surface area contributed by atoms with Crippen LogP contribution in [0.25, 0.3) is 0 Å². The highest BCUT2D eigenvalue weighted by molar-refractivity contribution is 7.89. The average Bonchev–Trinajstić information content (AvgIpc) is 3.12. The maximum Gasteiger partial charge on any atom is 0.471 e. The molecule has 1 aromatic heterocycles. The van der Waals surface area contributed by atoms with Gasteiger partial charge in [0.25, 0.3) is 0 Å². The topological polar surface area (TPSA) is 155 Å². The number of ether oxygens (including phenoxy) is 1. The van der Waals surface area contributed by atoms with Crippen LogP contribution in [0.3, 0.4) is 0 Å². The number of nitrogens with zero attached hydrogens (tertiary/aromatic N) is 3. The Kier molecular flexibility index (Phi) is 9.85. The van der Waals surface area contributed by atoms with E-state index in [0.29, 0.717) is 30.0 Å². The normalized spacial score (nSPS) is 15.2. The van der Waals surface area contributed by atoms with Crippen molar-refractivity contribution in [2.45, 2.75) is 36.4 Å². The fourth-order valence-electron chi connectivity index (χ4n) is 4.48. The average molecular weight is 656 g/mol. The Labute approximate surface area is 256 Å². The molecule has 4 N–H and O–H groups in total. The molecule has 3 aromatic rings. The van der Waals surface area contributed by atoms with Gasteiger partial charge in [-0.25, -0.2) is 17.7 Å². The number of nitrogens with one attached hydrogen (secondary N) is 4. The van der Waals surface area contributed by atoms with Gasteiger partial charge in [-0.3, -0.25) is 9.59 Å². The number of aromatic nitrogens is 2. The summed E-state index contributed by atoms with van der Waals surface area (Å²) in [6, 6.07) is 8.29. The minimum atomic E-state index is -5.11. The predicted octanol–water partition coefficient (Wildman–Crippen LogP) is 3.72. The Balaban J connectivity index is 1.47. The molecule has 0 fully saturated rings. The van der Waals surface area contributed by atoms with Gasteiger partial charge in [0.05, 0.1) is 19.0 Å². The van der Waals surface area contributed by atoms with E-state index in [0.717, 1.165) is 9.87 Å². The Morgan fingerprint density at radius 1 is 1.20 bits per heavy atom. The van der Waals surface area contributed by atoms with Gasteiger partial charge in [0, 0.05) is 31.9 Å². The molecule has 0 spiro atoms. The fraction of sp³-hybridized carbons (Fsp3) is 0.333. The molecule has 2 amide bonds. The number of benzene rings is 2. The zero-order chi connectivity index (χ0) is 32.2. The van der Waals surface area contributed by atoms with Crippen molar-refractivity contribution in [3.05, 3.63) is 58.7 Å². The number of amides is 2. The van der Waals surface area contributed by atoms with Gasteiger partial charge in [-0.2, -0.15) is 18.2 Å². The lowest BCUT2D eigenvalue weighted by molar-refractivity contribution is -0.174. The standard InChI is InChI=1S/C27H29ClF3N7O5S/c1-38(2)44(41,42)21-7-5-4-6-19(21)34-23-17(28)14-33-26(37-23)32-13-12-15-8-10-18-16(22(15)43-3)9-11-20(24(39)35-18)36-25(40)27(29,30)31/h4-8,10,14,20H,9,11-13H2,1-3H3,(H,35,39)(H,36,40)(H2,32,33,34,37). The van der Waals surface area contributed by atoms with Crippen molar-refractivity contribution in [3.63, 3.8) is 0 Å². The molecule has 0 saturated heterocycles. The van der Waals surface area contributed by atoms with Crippen LogP contribution in [0.1, 0.15) is 17.5 Å². The predicted molar refractivity (Wildman–Crippen MR) is 158 cm³/mol. The lowest BCUT2D eigenvalue weighted by Gasteiger charge is -2.17. The molecule has 0 radical (unpaired) electrons. The largest absolute Gasteiger partial charge is 0.496 e. The monoisotopic (exact) mass is 655 g/mol. The quantitative estimate of drug-likeness (QED) is 0.256. The number of halogens is 4. The number of sulfonamides is 1. The van der Waals surface area contributed by atoms with Crippen LogP contribution < -0.4 is 26.0 Å². The summed E-state index contributed by atoms with van der Waals surface area (Å²) in [5.41, 5.74) is 1.97. The SMILES string of the molecule is COc1c(CCNc2ncc(Cl)c(Nc3ccccc3S(=O)(=O)N(C)C)n2)ccc2c1CCC(NC(=O)C(F)(F)F)C(=O)N2. The first-order chi connectivity index (χ1) is 20.7. The summed E-state index contributed by atoms with van der Waals surface area (Å²) < 4.78 is 70.4. The fourth-order valence-corrected chi connectivity index (χ4v) is 5.66. The maximum absolute atomic E-state index is 12.8. The second kappa shape index (κ2) is 13.2. The maximum atomic E-state index is 12.8. The van der Waals surface area contributed by atoms with E-state index in [1.54, 1.807) is 35.6 Å². The van der Waals surface area contributed by atoms with Crippen molar-refractivity contribution in [2.24, 2.45) is 0 Å². The number of para-hydroxylation sites is 1. The summed E-state index contributed by atoms with van der Waals surface area (Å²) in [5.74, 6) is -2.12. The summed E-state index contributed by atoms with van der Waals surface area (Å²) in [5, 5.41) is 10.5. The number of hydrogen-bond acceptors (Lipinski definition) is 9. The molecule has 12 nitrogen and oxygen atoms in total. The molecule has 1 atom stereocenters. The molecule has 1 unspecified atom stereocenters. The van der Waals surface area contributed by atoms with Crippen molar-refractivity contribution in [3.8, 4) is 5.75 Å². The van der Waals surface area contributed by atoms with Crippen LogP contribution >= 0.6 is 11.6 Å². The van der Waals surface area contributed by atoms with E-state index in [4.69, 9.17) is 16.3 Å². The summed E-state index contributed by atoms with van der Waals surface area (Å²) in [6.45, 7) is 0.318. The van der Waals surface area contributed by atoms with Crippen molar-refractivity contribution in [2.75, 3.05) is 43.7 Å². The van der Waals surface area contributed by atoms with Gasteiger partial charge < -0.3 is 26.0 Å². The number of carbonyl (C=O) groups excluding carboxylic acids is 2. The van der Waals surface area contributed by atoms with E-state index in [1.807, 2.05) is 0 Å². The molecule has 2 heterocycles. The van der Waals surface area contributed by atoms with E-state index in [-0.39, 0.29) is 40.2 Å². The Morgan fingerprint density at radius 3 is 2.61 bits per heavy atom. The number of methoxy groups -OCH3 is 1. The number of alkyl halides is 3. The molecule has 2 aromatic carbocycles. The van der Waals surface area contributed by atoms with E-state index < -0.39 is 34.1 Å². The zero-order valence-corrected chi connectivity index (χ0v) is 25.3. The third-order valence-electron chi connectivity index (χ3n) is 6.69.